The zero-order valence-corrected chi connectivity index (χ0v) is 5.60. The largest absolute Gasteiger partial charge is 0.326 e. The summed E-state index contributed by atoms with van der Waals surface area (Å²) in [5, 5.41) is 0.560. The van der Waals surface area contributed by atoms with Crippen molar-refractivity contribution in [1.29, 1.82) is 0 Å². The molecule has 0 radical (unpaired) electrons. The lowest BCUT2D eigenvalue weighted by atomic mass is 10.2. The first kappa shape index (κ1) is 5.27. The Balaban J connectivity index is 3.03. The van der Waals surface area contributed by atoms with E-state index in [0.717, 1.165) is 0 Å². The summed E-state index contributed by atoms with van der Waals surface area (Å²) < 4.78 is 7.15. The number of hydrogen-bond acceptors (Lipinski definition) is 1. The highest BCUT2D eigenvalue weighted by Gasteiger charge is 1.92. The molecule has 0 fully saturated rings. The van der Waals surface area contributed by atoms with E-state index in [9.17, 15) is 0 Å². The number of halogens is 1. The first-order chi connectivity index (χ1) is 4.72. The second-order valence-corrected chi connectivity index (χ2v) is 2.10. The van der Waals surface area contributed by atoms with E-state index in [1.165, 1.54) is 0 Å². The quantitative estimate of drug-likeness (QED) is 0.636. The minimum Gasteiger partial charge on any atom is -0.326 e. The molecular formula is C7H8ClN. The highest BCUT2D eigenvalue weighted by atomic mass is 35.5. The zero-order valence-electron chi connectivity index (χ0n) is 5.84. The van der Waals surface area contributed by atoms with Gasteiger partial charge in [0.1, 0.15) is 0 Å². The Hall–Kier alpha value is -0.530. The van der Waals surface area contributed by atoms with E-state index in [0.29, 0.717) is 10.6 Å². The van der Waals surface area contributed by atoms with Gasteiger partial charge in [-0.15, -0.1) is 0 Å². The van der Waals surface area contributed by atoms with Crippen LogP contribution in [-0.4, -0.2) is 0 Å². The molecule has 0 aliphatic carbocycles. The first-order valence-corrected chi connectivity index (χ1v) is 3.02. The average molecular weight is 143 g/mol. The molecule has 0 saturated heterocycles. The first-order valence-electron chi connectivity index (χ1n) is 3.22. The molecule has 0 bridgehead atoms. The van der Waals surface area contributed by atoms with Crippen LogP contribution in [0.4, 0.5) is 0 Å². The molecule has 0 heterocycles. The van der Waals surface area contributed by atoms with Crippen LogP contribution >= 0.6 is 11.6 Å². The lowest BCUT2D eigenvalue weighted by molar-refractivity contribution is 1.07. The Morgan fingerprint density at radius 1 is 1.56 bits per heavy atom. The molecule has 0 amide bonds. The van der Waals surface area contributed by atoms with Gasteiger partial charge in [-0.3, -0.25) is 0 Å². The van der Waals surface area contributed by atoms with Crippen molar-refractivity contribution in [2.45, 2.75) is 6.52 Å². The molecule has 9 heavy (non-hydrogen) atoms. The summed E-state index contributed by atoms with van der Waals surface area (Å²) in [7, 11) is 0. The maximum atomic E-state index is 7.15. The van der Waals surface area contributed by atoms with Crippen molar-refractivity contribution in [2.24, 2.45) is 5.73 Å². The number of benzene rings is 1. The molecule has 1 aromatic rings. The van der Waals surface area contributed by atoms with Gasteiger partial charge in [-0.25, -0.2) is 0 Å². The van der Waals surface area contributed by atoms with Crippen LogP contribution in [0.2, 0.25) is 5.02 Å². The van der Waals surface area contributed by atoms with Crippen LogP contribution in [0.15, 0.2) is 24.3 Å². The van der Waals surface area contributed by atoms with E-state index in [1.54, 1.807) is 12.1 Å². The molecule has 1 nitrogen and oxygen atoms in total. The van der Waals surface area contributed by atoms with Crippen molar-refractivity contribution in [1.82, 2.24) is 0 Å². The van der Waals surface area contributed by atoms with E-state index in [4.69, 9.17) is 18.7 Å². The third-order valence-corrected chi connectivity index (χ3v) is 1.43. The van der Waals surface area contributed by atoms with Crippen LogP contribution < -0.4 is 5.73 Å². The van der Waals surface area contributed by atoms with Crippen molar-refractivity contribution >= 4 is 11.6 Å². The van der Waals surface area contributed by atoms with E-state index < -0.39 is 6.52 Å². The second kappa shape index (κ2) is 2.85. The van der Waals surface area contributed by atoms with E-state index in [-0.39, 0.29) is 0 Å². The van der Waals surface area contributed by atoms with Crippen LogP contribution in [0.5, 0.6) is 0 Å². The van der Waals surface area contributed by atoms with Gasteiger partial charge < -0.3 is 5.73 Å². The van der Waals surface area contributed by atoms with Gasteiger partial charge in [0.25, 0.3) is 0 Å². The number of rotatable bonds is 1. The third-order valence-electron chi connectivity index (χ3n) is 1.08. The van der Waals surface area contributed by atoms with Gasteiger partial charge in [0, 0.05) is 12.9 Å². The van der Waals surface area contributed by atoms with Gasteiger partial charge >= 0.3 is 0 Å². The molecule has 0 aliphatic heterocycles. The summed E-state index contributed by atoms with van der Waals surface area (Å²) in [5.74, 6) is 0. The normalized spacial score (nSPS) is 14.7. The van der Waals surface area contributed by atoms with Crippen molar-refractivity contribution in [3.8, 4) is 0 Å². The molecule has 1 rings (SSSR count). The minimum absolute atomic E-state index is 0.560. The lowest BCUT2D eigenvalue weighted by Crippen LogP contribution is -1.95. The maximum absolute atomic E-state index is 7.15. The van der Waals surface area contributed by atoms with Crippen molar-refractivity contribution in [3.05, 3.63) is 34.9 Å². The summed E-state index contributed by atoms with van der Waals surface area (Å²) in [4.78, 5) is 0. The highest BCUT2D eigenvalue weighted by molar-refractivity contribution is 6.31. The lowest BCUT2D eigenvalue weighted by Gasteiger charge is -1.96. The summed E-state index contributed by atoms with van der Waals surface area (Å²) in [5.41, 5.74) is 5.97. The molecule has 1 aromatic carbocycles. The molecule has 1 atom stereocenters. The number of hydrogen-bond donors (Lipinski definition) is 1. The topological polar surface area (TPSA) is 26.0 Å². The van der Waals surface area contributed by atoms with Crippen LogP contribution in [-0.2, 0) is 6.52 Å². The summed E-state index contributed by atoms with van der Waals surface area (Å²) in [6, 6.07) is 7.11. The van der Waals surface area contributed by atoms with E-state index >= 15 is 0 Å². The second-order valence-electron chi connectivity index (χ2n) is 1.69. The Labute approximate surface area is 60.8 Å². The van der Waals surface area contributed by atoms with Gasteiger partial charge in [-0.1, -0.05) is 29.8 Å². The predicted molar refractivity (Wildman–Crippen MR) is 39.3 cm³/mol. The van der Waals surface area contributed by atoms with Crippen molar-refractivity contribution < 1.29 is 1.37 Å². The molecule has 2 N–H and O–H groups in total. The minimum atomic E-state index is -0.728. The predicted octanol–water partition coefficient (Wildman–Crippen LogP) is 1.80. The van der Waals surface area contributed by atoms with E-state index in [1.807, 2.05) is 12.1 Å². The van der Waals surface area contributed by atoms with Gasteiger partial charge in [0.15, 0.2) is 0 Å². The fourth-order valence-corrected chi connectivity index (χ4v) is 0.809. The summed E-state index contributed by atoms with van der Waals surface area (Å²) in [6.45, 7) is -0.728. The van der Waals surface area contributed by atoms with Crippen molar-refractivity contribution in [3.63, 3.8) is 0 Å². The molecule has 0 aromatic heterocycles. The Bertz CT molecular complexity index is 225. The molecule has 1 unspecified atom stereocenters. The monoisotopic (exact) mass is 142 g/mol. The molecule has 0 saturated carbocycles. The average Bonchev–Trinajstić information content (AvgIpc) is 1.88. The fourth-order valence-electron chi connectivity index (χ4n) is 0.610. The number of nitrogens with two attached hydrogens (primary N) is 1. The summed E-state index contributed by atoms with van der Waals surface area (Å²) >= 11 is 5.72. The standard InChI is InChI=1S/C7H8ClN/c8-7-4-2-1-3-6(7)5-9/h1-4H,5,9H2/i5D. The van der Waals surface area contributed by atoms with Gasteiger partial charge in [0.05, 0.1) is 0 Å². The highest BCUT2D eigenvalue weighted by Crippen LogP contribution is 2.12. The fraction of sp³-hybridized carbons (Fsp3) is 0.143. The SMILES string of the molecule is [2H]C(N)c1ccccc1Cl. The maximum Gasteiger partial charge on any atom is 0.0477 e. The van der Waals surface area contributed by atoms with Crippen LogP contribution in [0.3, 0.4) is 0 Å². The van der Waals surface area contributed by atoms with Gasteiger partial charge in [-0.05, 0) is 11.6 Å². The third kappa shape index (κ3) is 1.44. The zero-order chi connectivity index (χ0) is 7.56. The molecular weight excluding hydrogens is 134 g/mol. The molecule has 0 spiro atoms. The Morgan fingerprint density at radius 2 is 2.22 bits per heavy atom. The van der Waals surface area contributed by atoms with Crippen LogP contribution in [0.25, 0.3) is 0 Å². The van der Waals surface area contributed by atoms with Crippen LogP contribution in [0.1, 0.15) is 6.93 Å². The molecule has 48 valence electrons. The summed E-state index contributed by atoms with van der Waals surface area (Å²) in [6.07, 6.45) is 0. The molecule has 0 aliphatic rings. The van der Waals surface area contributed by atoms with Crippen LogP contribution in [0, 0.1) is 0 Å². The Kier molecular flexibility index (Phi) is 1.67. The van der Waals surface area contributed by atoms with Crippen molar-refractivity contribution in [2.75, 3.05) is 0 Å². The Morgan fingerprint density at radius 3 is 2.67 bits per heavy atom. The van der Waals surface area contributed by atoms with E-state index in [2.05, 4.69) is 0 Å². The van der Waals surface area contributed by atoms with Gasteiger partial charge in [-0.2, -0.15) is 0 Å². The van der Waals surface area contributed by atoms with Gasteiger partial charge in [0.2, 0.25) is 0 Å². The smallest absolute Gasteiger partial charge is 0.0477 e. The molecule has 2 heteroatoms.